The molecule has 0 amide bonds. The van der Waals surface area contributed by atoms with Crippen LogP contribution in [0.25, 0.3) is 0 Å². The zero-order valence-corrected chi connectivity index (χ0v) is 13.5. The SMILES string of the molecule is CCNC(c1cccc(CC)c1)C1CCCC(CC)C1. The molecular weight excluding hydrogens is 242 g/mol. The summed E-state index contributed by atoms with van der Waals surface area (Å²) in [6.45, 7) is 7.90. The van der Waals surface area contributed by atoms with E-state index in [4.69, 9.17) is 0 Å². The molecule has 20 heavy (non-hydrogen) atoms. The summed E-state index contributed by atoms with van der Waals surface area (Å²) in [5.41, 5.74) is 2.97. The standard InChI is InChI=1S/C19H31N/c1-4-15-9-7-11-17(13-15)19(20-6-3)18-12-8-10-16(5-2)14-18/h7,9,11,13,16,18-20H,4-6,8,10,12,14H2,1-3H3. The second-order valence-electron chi connectivity index (χ2n) is 6.33. The maximum atomic E-state index is 3.76. The molecule has 1 aliphatic carbocycles. The number of hydrogen-bond acceptors (Lipinski definition) is 1. The molecule has 0 bridgehead atoms. The van der Waals surface area contributed by atoms with Crippen molar-refractivity contribution in [3.8, 4) is 0 Å². The molecule has 1 N–H and O–H groups in total. The first-order chi connectivity index (χ1) is 9.78. The van der Waals surface area contributed by atoms with Crippen molar-refractivity contribution in [2.45, 2.75) is 65.3 Å². The number of aryl methyl sites for hydroxylation is 1. The number of benzene rings is 1. The van der Waals surface area contributed by atoms with Crippen molar-refractivity contribution >= 4 is 0 Å². The lowest BCUT2D eigenvalue weighted by atomic mass is 9.75. The maximum Gasteiger partial charge on any atom is 0.0348 e. The fourth-order valence-corrected chi connectivity index (χ4v) is 3.79. The van der Waals surface area contributed by atoms with Gasteiger partial charge in [0.1, 0.15) is 0 Å². The molecule has 0 aromatic heterocycles. The Labute approximate surface area is 125 Å². The lowest BCUT2D eigenvalue weighted by Gasteiger charge is -2.35. The van der Waals surface area contributed by atoms with Crippen molar-refractivity contribution in [3.63, 3.8) is 0 Å². The second-order valence-corrected chi connectivity index (χ2v) is 6.33. The van der Waals surface area contributed by atoms with Crippen LogP contribution in [-0.4, -0.2) is 6.54 Å². The fraction of sp³-hybridized carbons (Fsp3) is 0.684. The van der Waals surface area contributed by atoms with E-state index in [1.165, 1.54) is 43.2 Å². The molecular formula is C19H31N. The average molecular weight is 273 g/mol. The highest BCUT2D eigenvalue weighted by molar-refractivity contribution is 5.26. The monoisotopic (exact) mass is 273 g/mol. The molecule has 1 saturated carbocycles. The first-order valence-electron chi connectivity index (χ1n) is 8.60. The molecule has 1 aromatic rings. The molecule has 0 spiro atoms. The Morgan fingerprint density at radius 2 is 2.05 bits per heavy atom. The Kier molecular flexibility index (Phi) is 6.09. The number of nitrogens with one attached hydrogen (secondary N) is 1. The molecule has 3 atom stereocenters. The highest BCUT2D eigenvalue weighted by Gasteiger charge is 2.28. The van der Waals surface area contributed by atoms with Crippen LogP contribution in [0.1, 0.15) is 70.0 Å². The Hall–Kier alpha value is -0.820. The van der Waals surface area contributed by atoms with Gasteiger partial charge in [-0.25, -0.2) is 0 Å². The topological polar surface area (TPSA) is 12.0 Å². The van der Waals surface area contributed by atoms with E-state index in [0.717, 1.165) is 24.8 Å². The van der Waals surface area contributed by atoms with Gasteiger partial charge in [0.25, 0.3) is 0 Å². The van der Waals surface area contributed by atoms with Gasteiger partial charge in [0.2, 0.25) is 0 Å². The first kappa shape index (κ1) is 15.6. The van der Waals surface area contributed by atoms with E-state index in [1.807, 2.05) is 0 Å². The van der Waals surface area contributed by atoms with Gasteiger partial charge in [-0.2, -0.15) is 0 Å². The summed E-state index contributed by atoms with van der Waals surface area (Å²) in [6, 6.07) is 9.78. The van der Waals surface area contributed by atoms with Crippen molar-refractivity contribution in [1.82, 2.24) is 5.32 Å². The van der Waals surface area contributed by atoms with Crippen LogP contribution in [0.3, 0.4) is 0 Å². The molecule has 1 fully saturated rings. The molecule has 2 rings (SSSR count). The van der Waals surface area contributed by atoms with Crippen molar-refractivity contribution in [2.75, 3.05) is 6.54 Å². The maximum absolute atomic E-state index is 3.76. The van der Waals surface area contributed by atoms with Crippen LogP contribution in [0.2, 0.25) is 0 Å². The third-order valence-corrected chi connectivity index (χ3v) is 5.01. The van der Waals surface area contributed by atoms with Crippen LogP contribution in [0.15, 0.2) is 24.3 Å². The number of rotatable bonds is 6. The van der Waals surface area contributed by atoms with Crippen LogP contribution in [0, 0.1) is 11.8 Å². The Bertz CT molecular complexity index is 399. The minimum absolute atomic E-state index is 0.556. The predicted octanol–water partition coefficient (Wildman–Crippen LogP) is 5.12. The van der Waals surface area contributed by atoms with Crippen LogP contribution in [0.5, 0.6) is 0 Å². The van der Waals surface area contributed by atoms with Crippen LogP contribution in [0.4, 0.5) is 0 Å². The summed E-state index contributed by atoms with van der Waals surface area (Å²) in [7, 11) is 0. The van der Waals surface area contributed by atoms with E-state index < -0.39 is 0 Å². The Balaban J connectivity index is 2.16. The average Bonchev–Trinajstić information content (AvgIpc) is 2.52. The highest BCUT2D eigenvalue weighted by atomic mass is 14.9. The molecule has 1 aliphatic rings. The highest BCUT2D eigenvalue weighted by Crippen LogP contribution is 2.38. The van der Waals surface area contributed by atoms with Gasteiger partial charge in [0.15, 0.2) is 0 Å². The van der Waals surface area contributed by atoms with Gasteiger partial charge < -0.3 is 5.32 Å². The van der Waals surface area contributed by atoms with E-state index in [2.05, 4.69) is 50.4 Å². The van der Waals surface area contributed by atoms with E-state index in [-0.39, 0.29) is 0 Å². The molecule has 1 heteroatoms. The van der Waals surface area contributed by atoms with Crippen LogP contribution >= 0.6 is 0 Å². The summed E-state index contributed by atoms with van der Waals surface area (Å²) in [6.07, 6.45) is 8.15. The summed E-state index contributed by atoms with van der Waals surface area (Å²) in [4.78, 5) is 0. The smallest absolute Gasteiger partial charge is 0.0348 e. The van der Waals surface area contributed by atoms with Crippen LogP contribution in [-0.2, 0) is 6.42 Å². The lowest BCUT2D eigenvalue weighted by molar-refractivity contribution is 0.210. The minimum Gasteiger partial charge on any atom is -0.310 e. The molecule has 112 valence electrons. The molecule has 0 heterocycles. The number of hydrogen-bond donors (Lipinski definition) is 1. The molecule has 0 saturated heterocycles. The largest absolute Gasteiger partial charge is 0.310 e. The van der Waals surface area contributed by atoms with Crippen molar-refractivity contribution in [2.24, 2.45) is 11.8 Å². The lowest BCUT2D eigenvalue weighted by Crippen LogP contribution is -2.31. The van der Waals surface area contributed by atoms with E-state index >= 15 is 0 Å². The molecule has 1 aromatic carbocycles. The van der Waals surface area contributed by atoms with Crippen molar-refractivity contribution in [3.05, 3.63) is 35.4 Å². The quantitative estimate of drug-likeness (QED) is 0.759. The fourth-order valence-electron chi connectivity index (χ4n) is 3.79. The van der Waals surface area contributed by atoms with Gasteiger partial charge in [0.05, 0.1) is 0 Å². The summed E-state index contributed by atoms with van der Waals surface area (Å²) >= 11 is 0. The predicted molar refractivity (Wildman–Crippen MR) is 88.0 cm³/mol. The van der Waals surface area contributed by atoms with Gasteiger partial charge in [-0.1, -0.05) is 64.3 Å². The molecule has 0 aliphatic heterocycles. The van der Waals surface area contributed by atoms with Gasteiger partial charge in [-0.3, -0.25) is 0 Å². The first-order valence-corrected chi connectivity index (χ1v) is 8.60. The third-order valence-electron chi connectivity index (χ3n) is 5.01. The summed E-state index contributed by atoms with van der Waals surface area (Å²) in [5, 5.41) is 3.76. The Morgan fingerprint density at radius 3 is 2.75 bits per heavy atom. The van der Waals surface area contributed by atoms with Gasteiger partial charge in [-0.05, 0) is 48.8 Å². The van der Waals surface area contributed by atoms with E-state index in [9.17, 15) is 0 Å². The molecule has 3 unspecified atom stereocenters. The normalized spacial score (nSPS) is 24.6. The van der Waals surface area contributed by atoms with Crippen LogP contribution < -0.4 is 5.32 Å². The second kappa shape index (κ2) is 7.83. The Morgan fingerprint density at radius 1 is 1.20 bits per heavy atom. The molecule has 1 nitrogen and oxygen atoms in total. The van der Waals surface area contributed by atoms with Gasteiger partial charge in [0, 0.05) is 6.04 Å². The zero-order chi connectivity index (χ0) is 14.4. The van der Waals surface area contributed by atoms with Gasteiger partial charge >= 0.3 is 0 Å². The third kappa shape index (κ3) is 3.85. The van der Waals surface area contributed by atoms with E-state index in [0.29, 0.717) is 6.04 Å². The van der Waals surface area contributed by atoms with E-state index in [1.54, 1.807) is 0 Å². The molecule has 0 radical (unpaired) electrons. The summed E-state index contributed by atoms with van der Waals surface area (Å²) < 4.78 is 0. The summed E-state index contributed by atoms with van der Waals surface area (Å²) in [5.74, 6) is 1.77. The zero-order valence-electron chi connectivity index (χ0n) is 13.5. The minimum atomic E-state index is 0.556. The van der Waals surface area contributed by atoms with Gasteiger partial charge in [-0.15, -0.1) is 0 Å². The van der Waals surface area contributed by atoms with Crippen molar-refractivity contribution in [1.29, 1.82) is 0 Å². The van der Waals surface area contributed by atoms with Crippen molar-refractivity contribution < 1.29 is 0 Å².